The maximum Gasteiger partial charge on any atom is 0.328 e. The summed E-state index contributed by atoms with van der Waals surface area (Å²) in [6.07, 6.45) is 1.09. The molecule has 3 N–H and O–H groups in total. The van der Waals surface area contributed by atoms with Crippen LogP contribution < -0.4 is 5.73 Å². The van der Waals surface area contributed by atoms with Crippen LogP contribution in [0.4, 0.5) is 5.95 Å². The monoisotopic (exact) mass is 326 g/mol. The van der Waals surface area contributed by atoms with Gasteiger partial charge in [-0.05, 0) is 30.5 Å². The van der Waals surface area contributed by atoms with Crippen molar-refractivity contribution in [2.24, 2.45) is 0 Å². The minimum atomic E-state index is -0.936. The van der Waals surface area contributed by atoms with Crippen LogP contribution in [0.1, 0.15) is 36.2 Å². The first kappa shape index (κ1) is 14.2. The van der Waals surface area contributed by atoms with Gasteiger partial charge in [-0.1, -0.05) is 29.3 Å². The lowest BCUT2D eigenvalue weighted by Crippen LogP contribution is -2.28. The molecule has 3 rings (SSSR count). The Morgan fingerprint density at radius 2 is 2.10 bits per heavy atom. The van der Waals surface area contributed by atoms with Gasteiger partial charge in [-0.15, -0.1) is 5.10 Å². The molecular formula is C13H12Cl2N4O2. The fourth-order valence-electron chi connectivity index (χ4n) is 2.67. The van der Waals surface area contributed by atoms with E-state index in [1.54, 1.807) is 12.1 Å². The van der Waals surface area contributed by atoms with Crippen molar-refractivity contribution < 1.29 is 9.90 Å². The Hall–Kier alpha value is -1.79. The van der Waals surface area contributed by atoms with E-state index in [9.17, 15) is 9.90 Å². The fourth-order valence-corrected chi connectivity index (χ4v) is 2.97. The number of hydrogen-bond donors (Lipinski definition) is 2. The van der Waals surface area contributed by atoms with Crippen LogP contribution in [-0.4, -0.2) is 25.8 Å². The summed E-state index contributed by atoms with van der Waals surface area (Å²) in [7, 11) is 0. The molecule has 2 heterocycles. The van der Waals surface area contributed by atoms with E-state index < -0.39 is 12.0 Å². The number of carboxylic acids is 1. The van der Waals surface area contributed by atoms with Crippen molar-refractivity contribution in [3.63, 3.8) is 0 Å². The molecule has 0 saturated heterocycles. The van der Waals surface area contributed by atoms with Crippen LogP contribution in [0.15, 0.2) is 18.2 Å². The third-order valence-electron chi connectivity index (χ3n) is 3.64. The van der Waals surface area contributed by atoms with Gasteiger partial charge in [0.25, 0.3) is 0 Å². The molecule has 21 heavy (non-hydrogen) atoms. The maximum absolute atomic E-state index is 11.3. The van der Waals surface area contributed by atoms with Gasteiger partial charge in [0.1, 0.15) is 5.82 Å². The van der Waals surface area contributed by atoms with Crippen LogP contribution in [0.25, 0.3) is 0 Å². The summed E-state index contributed by atoms with van der Waals surface area (Å²) in [5, 5.41) is 14.2. The van der Waals surface area contributed by atoms with E-state index in [-0.39, 0.29) is 11.9 Å². The molecule has 0 aliphatic carbocycles. The van der Waals surface area contributed by atoms with Gasteiger partial charge in [0.2, 0.25) is 5.95 Å². The summed E-state index contributed by atoms with van der Waals surface area (Å²) >= 11 is 12.0. The SMILES string of the molecule is Nc1nc2n(n1)C(C(=O)O)CCC2c1ccc(Cl)c(Cl)c1. The lowest BCUT2D eigenvalue weighted by molar-refractivity contribution is -0.141. The second kappa shape index (κ2) is 5.20. The summed E-state index contributed by atoms with van der Waals surface area (Å²) in [4.78, 5) is 15.5. The number of hydrogen-bond acceptors (Lipinski definition) is 4. The quantitative estimate of drug-likeness (QED) is 0.884. The van der Waals surface area contributed by atoms with Gasteiger partial charge in [0, 0.05) is 5.92 Å². The molecule has 1 aromatic carbocycles. The van der Waals surface area contributed by atoms with E-state index in [2.05, 4.69) is 10.1 Å². The predicted octanol–water partition coefficient (Wildman–Crippen LogP) is 2.72. The molecule has 0 amide bonds. The lowest BCUT2D eigenvalue weighted by Gasteiger charge is -2.27. The molecule has 6 nitrogen and oxygen atoms in total. The summed E-state index contributed by atoms with van der Waals surface area (Å²) < 4.78 is 1.40. The zero-order valence-corrected chi connectivity index (χ0v) is 12.3. The Morgan fingerprint density at radius 1 is 1.33 bits per heavy atom. The first-order valence-corrected chi connectivity index (χ1v) is 7.12. The van der Waals surface area contributed by atoms with Crippen molar-refractivity contribution in [3.8, 4) is 0 Å². The lowest BCUT2D eigenvalue weighted by atomic mass is 9.88. The highest BCUT2D eigenvalue weighted by molar-refractivity contribution is 6.42. The molecule has 2 atom stereocenters. The van der Waals surface area contributed by atoms with E-state index in [4.69, 9.17) is 28.9 Å². The van der Waals surface area contributed by atoms with Crippen LogP contribution >= 0.6 is 23.2 Å². The number of carboxylic acid groups (broad SMARTS) is 1. The molecule has 0 fully saturated rings. The average Bonchev–Trinajstić information content (AvgIpc) is 2.81. The van der Waals surface area contributed by atoms with Crippen LogP contribution in [0.2, 0.25) is 10.0 Å². The third kappa shape index (κ3) is 2.45. The first-order chi connectivity index (χ1) is 9.97. The van der Waals surface area contributed by atoms with E-state index >= 15 is 0 Å². The fraction of sp³-hybridized carbons (Fsp3) is 0.308. The number of nitrogen functional groups attached to an aromatic ring is 1. The van der Waals surface area contributed by atoms with Gasteiger partial charge in [0.05, 0.1) is 10.0 Å². The van der Waals surface area contributed by atoms with Gasteiger partial charge in [-0.25, -0.2) is 9.48 Å². The van der Waals surface area contributed by atoms with Crippen molar-refractivity contribution >= 4 is 35.1 Å². The number of halogens is 2. The summed E-state index contributed by atoms with van der Waals surface area (Å²) in [6, 6.07) is 4.61. The summed E-state index contributed by atoms with van der Waals surface area (Å²) in [5.41, 5.74) is 6.55. The van der Waals surface area contributed by atoms with Gasteiger partial charge >= 0.3 is 5.97 Å². The molecule has 1 aromatic heterocycles. The average molecular weight is 327 g/mol. The number of benzene rings is 1. The number of aromatic nitrogens is 3. The highest BCUT2D eigenvalue weighted by Gasteiger charge is 2.34. The molecule has 0 spiro atoms. The van der Waals surface area contributed by atoms with Crippen molar-refractivity contribution in [3.05, 3.63) is 39.6 Å². The Balaban J connectivity index is 2.06. The Labute approximate surface area is 130 Å². The van der Waals surface area contributed by atoms with Crippen molar-refractivity contribution in [2.45, 2.75) is 24.8 Å². The van der Waals surface area contributed by atoms with E-state index in [1.807, 2.05) is 6.07 Å². The topological polar surface area (TPSA) is 94.0 Å². The molecular weight excluding hydrogens is 315 g/mol. The van der Waals surface area contributed by atoms with Gasteiger partial charge < -0.3 is 10.8 Å². The number of carbonyl (C=O) groups is 1. The maximum atomic E-state index is 11.3. The van der Waals surface area contributed by atoms with Crippen molar-refractivity contribution in [1.29, 1.82) is 0 Å². The van der Waals surface area contributed by atoms with E-state index in [0.29, 0.717) is 28.7 Å². The minimum Gasteiger partial charge on any atom is -0.480 e. The minimum absolute atomic E-state index is 0.0724. The van der Waals surface area contributed by atoms with Crippen LogP contribution in [0.5, 0.6) is 0 Å². The Kier molecular flexibility index (Phi) is 3.51. The second-order valence-electron chi connectivity index (χ2n) is 4.93. The molecule has 0 saturated carbocycles. The zero-order valence-electron chi connectivity index (χ0n) is 10.8. The third-order valence-corrected chi connectivity index (χ3v) is 4.38. The zero-order chi connectivity index (χ0) is 15.1. The number of rotatable bonds is 2. The molecule has 0 radical (unpaired) electrons. The van der Waals surface area contributed by atoms with Crippen molar-refractivity contribution in [1.82, 2.24) is 14.8 Å². The number of fused-ring (bicyclic) bond motifs is 1. The van der Waals surface area contributed by atoms with Crippen LogP contribution in [0, 0.1) is 0 Å². The predicted molar refractivity (Wildman–Crippen MR) is 78.6 cm³/mol. The number of nitrogens with zero attached hydrogens (tertiary/aromatic N) is 3. The highest BCUT2D eigenvalue weighted by atomic mass is 35.5. The highest BCUT2D eigenvalue weighted by Crippen LogP contribution is 2.38. The Bertz CT molecular complexity index is 716. The van der Waals surface area contributed by atoms with Crippen molar-refractivity contribution in [2.75, 3.05) is 5.73 Å². The standard InChI is InChI=1S/C13H12Cl2N4O2/c14-8-3-1-6(5-9(8)15)7-2-4-10(12(20)21)19-11(7)17-13(16)18-19/h1,3,5,7,10H,2,4H2,(H2,16,18)(H,20,21). The molecule has 2 aromatic rings. The molecule has 8 heteroatoms. The van der Waals surface area contributed by atoms with Gasteiger partial charge in [0.15, 0.2) is 6.04 Å². The molecule has 1 aliphatic rings. The Morgan fingerprint density at radius 3 is 2.76 bits per heavy atom. The smallest absolute Gasteiger partial charge is 0.328 e. The first-order valence-electron chi connectivity index (χ1n) is 6.37. The van der Waals surface area contributed by atoms with Gasteiger partial charge in [-0.2, -0.15) is 4.98 Å². The summed E-state index contributed by atoms with van der Waals surface area (Å²) in [6.45, 7) is 0. The molecule has 2 unspecified atom stereocenters. The second-order valence-corrected chi connectivity index (χ2v) is 5.74. The number of aliphatic carboxylic acids is 1. The molecule has 110 valence electrons. The van der Waals surface area contributed by atoms with Gasteiger partial charge in [-0.3, -0.25) is 0 Å². The largest absolute Gasteiger partial charge is 0.480 e. The molecule has 1 aliphatic heterocycles. The van der Waals surface area contributed by atoms with Crippen LogP contribution in [0.3, 0.4) is 0 Å². The summed E-state index contributed by atoms with van der Waals surface area (Å²) in [5.74, 6) is -0.415. The normalized spacial score (nSPS) is 21.0. The van der Waals surface area contributed by atoms with E-state index in [0.717, 1.165) is 5.56 Å². The number of nitrogens with two attached hydrogens (primary N) is 1. The van der Waals surface area contributed by atoms with E-state index in [1.165, 1.54) is 4.68 Å². The molecule has 0 bridgehead atoms. The number of anilines is 1. The van der Waals surface area contributed by atoms with Crippen LogP contribution in [-0.2, 0) is 4.79 Å².